The van der Waals surface area contributed by atoms with Crippen LogP contribution in [0.15, 0.2) is 36.4 Å². The second-order valence-corrected chi connectivity index (χ2v) is 14.3. The molecule has 0 bridgehead atoms. The predicted octanol–water partition coefficient (Wildman–Crippen LogP) is 1.06. The van der Waals surface area contributed by atoms with Gasteiger partial charge in [-0.15, -0.1) is 0 Å². The van der Waals surface area contributed by atoms with Crippen LogP contribution < -0.4 is 10.1 Å². The lowest BCUT2D eigenvalue weighted by Gasteiger charge is -2.40. The number of nitrogens with one attached hydrogen (secondary N) is 1. The summed E-state index contributed by atoms with van der Waals surface area (Å²) in [6, 6.07) is 6.12. The average Bonchev–Trinajstić information content (AvgIpc) is 3.30. The zero-order chi connectivity index (χ0) is 34.3. The van der Waals surface area contributed by atoms with Gasteiger partial charge in [0.1, 0.15) is 24.1 Å². The number of anilines is 1. The SMILES string of the molecule is CC(C)(CCC(=O)Nc1ccc(O[C@H]2O[C@H](CCP(=O)(O)O)[C@@H](O)[C@H](O)[C@@H]2O)cc1)OCCOC(C)(C)CCN1C(=O)C=CC1=O. The van der Waals surface area contributed by atoms with E-state index in [1.54, 1.807) is 12.1 Å². The Morgan fingerprint density at radius 1 is 0.913 bits per heavy atom. The van der Waals surface area contributed by atoms with E-state index in [-0.39, 0.29) is 56.1 Å². The van der Waals surface area contributed by atoms with Crippen molar-refractivity contribution in [3.8, 4) is 5.75 Å². The van der Waals surface area contributed by atoms with Gasteiger partial charge in [-0.3, -0.25) is 23.8 Å². The number of nitrogens with zero attached hydrogens (tertiary/aromatic N) is 1. The summed E-state index contributed by atoms with van der Waals surface area (Å²) in [6.07, 6.45) is -4.73. The Bertz CT molecular complexity index is 1260. The van der Waals surface area contributed by atoms with Crippen LogP contribution in [0.3, 0.4) is 0 Å². The molecular formula is C30H45N2O13P. The van der Waals surface area contributed by atoms with Crippen molar-refractivity contribution in [1.29, 1.82) is 0 Å². The lowest BCUT2D eigenvalue weighted by Crippen LogP contribution is -2.59. The molecule has 1 saturated heterocycles. The van der Waals surface area contributed by atoms with E-state index < -0.39 is 55.7 Å². The molecule has 258 valence electrons. The molecule has 0 radical (unpaired) electrons. The highest BCUT2D eigenvalue weighted by atomic mass is 31.2. The summed E-state index contributed by atoms with van der Waals surface area (Å²) in [5, 5.41) is 33.4. The van der Waals surface area contributed by atoms with Crippen LogP contribution in [0.5, 0.6) is 5.75 Å². The molecule has 0 aliphatic carbocycles. The molecule has 3 amide bonds. The minimum atomic E-state index is -4.37. The van der Waals surface area contributed by atoms with Gasteiger partial charge in [0.15, 0.2) is 0 Å². The molecule has 3 rings (SSSR count). The van der Waals surface area contributed by atoms with E-state index in [4.69, 9.17) is 28.7 Å². The predicted molar refractivity (Wildman–Crippen MR) is 164 cm³/mol. The van der Waals surface area contributed by atoms with E-state index in [1.165, 1.54) is 29.2 Å². The molecule has 2 aliphatic rings. The van der Waals surface area contributed by atoms with Gasteiger partial charge in [-0.05, 0) is 71.2 Å². The first kappa shape index (κ1) is 37.7. The van der Waals surface area contributed by atoms with Gasteiger partial charge < -0.3 is 49.4 Å². The highest BCUT2D eigenvalue weighted by Gasteiger charge is 2.45. The first-order valence-electron chi connectivity index (χ1n) is 15.0. The second kappa shape index (κ2) is 15.9. The lowest BCUT2D eigenvalue weighted by molar-refractivity contribution is -0.272. The Hall–Kier alpha value is -2.72. The van der Waals surface area contributed by atoms with Crippen LogP contribution >= 0.6 is 7.60 Å². The molecule has 16 heteroatoms. The number of hydrogen-bond donors (Lipinski definition) is 6. The fourth-order valence-corrected chi connectivity index (χ4v) is 5.34. The van der Waals surface area contributed by atoms with Crippen LogP contribution in [0.1, 0.15) is 53.4 Å². The molecular weight excluding hydrogens is 627 g/mol. The van der Waals surface area contributed by atoms with Crippen LogP contribution in [-0.4, -0.2) is 116 Å². The van der Waals surface area contributed by atoms with E-state index >= 15 is 0 Å². The Morgan fingerprint density at radius 2 is 1.48 bits per heavy atom. The molecule has 6 N–H and O–H groups in total. The summed E-state index contributed by atoms with van der Waals surface area (Å²) in [4.78, 5) is 55.4. The van der Waals surface area contributed by atoms with Crippen LogP contribution in [0.25, 0.3) is 0 Å². The number of hydrogen-bond acceptors (Lipinski definition) is 11. The Kier molecular flexibility index (Phi) is 13.1. The molecule has 2 heterocycles. The van der Waals surface area contributed by atoms with Crippen molar-refractivity contribution in [2.75, 3.05) is 31.2 Å². The molecule has 2 aliphatic heterocycles. The van der Waals surface area contributed by atoms with E-state index in [1.807, 2.05) is 27.7 Å². The summed E-state index contributed by atoms with van der Waals surface area (Å²) < 4.78 is 34.1. The fraction of sp³-hybridized carbons (Fsp3) is 0.633. The summed E-state index contributed by atoms with van der Waals surface area (Å²) in [5.74, 6) is -0.690. The maximum atomic E-state index is 12.6. The normalized spacial score (nSPS) is 24.0. The third-order valence-corrected chi connectivity index (χ3v) is 8.47. The van der Waals surface area contributed by atoms with Crippen molar-refractivity contribution >= 4 is 31.0 Å². The largest absolute Gasteiger partial charge is 0.462 e. The van der Waals surface area contributed by atoms with Crippen molar-refractivity contribution < 1.29 is 63.0 Å². The maximum absolute atomic E-state index is 12.6. The smallest absolute Gasteiger partial charge is 0.325 e. The molecule has 5 atom stereocenters. The molecule has 46 heavy (non-hydrogen) atoms. The number of imide groups is 1. The second-order valence-electron chi connectivity index (χ2n) is 12.5. The number of carbonyl (C=O) groups is 3. The number of amides is 3. The van der Waals surface area contributed by atoms with E-state index in [0.717, 1.165) is 0 Å². The minimum absolute atomic E-state index is 0.169. The minimum Gasteiger partial charge on any atom is -0.462 e. The van der Waals surface area contributed by atoms with E-state index in [2.05, 4.69) is 5.32 Å². The lowest BCUT2D eigenvalue weighted by atomic mass is 9.97. The van der Waals surface area contributed by atoms with Crippen LogP contribution in [0.4, 0.5) is 5.69 Å². The Balaban J connectivity index is 1.38. The van der Waals surface area contributed by atoms with Crippen LogP contribution in [0.2, 0.25) is 0 Å². The molecule has 1 fully saturated rings. The highest BCUT2D eigenvalue weighted by Crippen LogP contribution is 2.37. The third-order valence-electron chi connectivity index (χ3n) is 7.62. The molecule has 0 spiro atoms. The quantitative estimate of drug-likeness (QED) is 0.0775. The highest BCUT2D eigenvalue weighted by molar-refractivity contribution is 7.51. The van der Waals surface area contributed by atoms with Crippen LogP contribution in [0, 0.1) is 0 Å². The Morgan fingerprint density at radius 3 is 2.04 bits per heavy atom. The molecule has 0 saturated carbocycles. The van der Waals surface area contributed by atoms with Gasteiger partial charge in [-0.25, -0.2) is 0 Å². The third kappa shape index (κ3) is 11.8. The topological polar surface area (TPSA) is 222 Å². The molecule has 1 aromatic carbocycles. The van der Waals surface area contributed by atoms with Gasteiger partial charge in [0.05, 0.1) is 36.7 Å². The fourth-order valence-electron chi connectivity index (χ4n) is 4.75. The van der Waals surface area contributed by atoms with Gasteiger partial charge in [-0.2, -0.15) is 0 Å². The van der Waals surface area contributed by atoms with Gasteiger partial charge in [-0.1, -0.05) is 0 Å². The summed E-state index contributed by atoms with van der Waals surface area (Å²) in [5.41, 5.74) is -0.731. The monoisotopic (exact) mass is 672 g/mol. The average molecular weight is 673 g/mol. The van der Waals surface area contributed by atoms with Crippen molar-refractivity contribution in [3.05, 3.63) is 36.4 Å². The standard InChI is InChI=1S/C30H45N2O13P/c1-29(2,42-16-17-43-30(3,4)14-15-32-23(34)9-10-24(32)35)13-11-22(33)31-19-5-7-20(8-6-19)44-28-27(38)26(37)25(36)21(45-28)12-18-46(39,40)41/h5-10,21,25-28,36-38H,11-18H2,1-4H3,(H,31,33)(H2,39,40,41)/t21-,25-,26+,27+,28+/m1/s1. The molecule has 0 unspecified atom stereocenters. The number of aliphatic hydroxyl groups is 3. The first-order valence-corrected chi connectivity index (χ1v) is 16.8. The van der Waals surface area contributed by atoms with Crippen LogP contribution in [-0.2, 0) is 33.2 Å². The Labute approximate surface area is 267 Å². The van der Waals surface area contributed by atoms with Crippen molar-refractivity contribution in [2.45, 2.75) is 95.3 Å². The first-order chi connectivity index (χ1) is 21.4. The number of carbonyl (C=O) groups excluding carboxylic acids is 3. The summed E-state index contributed by atoms with van der Waals surface area (Å²) in [6.45, 7) is 8.30. The number of rotatable bonds is 17. The zero-order valence-electron chi connectivity index (χ0n) is 26.4. The summed E-state index contributed by atoms with van der Waals surface area (Å²) in [7, 11) is -4.37. The van der Waals surface area contributed by atoms with Crippen molar-refractivity contribution in [2.24, 2.45) is 0 Å². The molecule has 15 nitrogen and oxygen atoms in total. The van der Waals surface area contributed by atoms with E-state index in [0.29, 0.717) is 18.5 Å². The zero-order valence-corrected chi connectivity index (χ0v) is 27.3. The van der Waals surface area contributed by atoms with Gasteiger partial charge in [0.25, 0.3) is 11.8 Å². The van der Waals surface area contributed by atoms with Gasteiger partial charge in [0.2, 0.25) is 12.2 Å². The number of ether oxygens (including phenoxy) is 4. The summed E-state index contributed by atoms with van der Waals surface area (Å²) >= 11 is 0. The van der Waals surface area contributed by atoms with Gasteiger partial charge >= 0.3 is 7.60 Å². The molecule has 0 aromatic heterocycles. The number of benzene rings is 1. The van der Waals surface area contributed by atoms with Crippen molar-refractivity contribution in [1.82, 2.24) is 4.90 Å². The maximum Gasteiger partial charge on any atom is 0.325 e. The number of aliphatic hydroxyl groups excluding tert-OH is 3. The van der Waals surface area contributed by atoms with Crippen molar-refractivity contribution in [3.63, 3.8) is 0 Å². The molecule has 1 aromatic rings. The van der Waals surface area contributed by atoms with E-state index in [9.17, 15) is 34.3 Å². The van der Waals surface area contributed by atoms with Gasteiger partial charge in [0, 0.05) is 30.8 Å².